The molecule has 4 nitrogen and oxygen atoms in total. The highest BCUT2D eigenvalue weighted by molar-refractivity contribution is 8.00. The molecule has 0 radical (unpaired) electrons. The fourth-order valence-electron chi connectivity index (χ4n) is 0.594. The number of thioether (sulfide) groups is 1. The van der Waals surface area contributed by atoms with Gasteiger partial charge in [-0.3, -0.25) is 9.59 Å². The van der Waals surface area contributed by atoms with Crippen molar-refractivity contribution in [2.24, 2.45) is 5.92 Å². The lowest BCUT2D eigenvalue weighted by molar-refractivity contribution is -0.141. The third kappa shape index (κ3) is 4.77. The van der Waals surface area contributed by atoms with Gasteiger partial charge in [-0.15, -0.1) is 11.8 Å². The van der Waals surface area contributed by atoms with Gasteiger partial charge in [-0.25, -0.2) is 0 Å². The Morgan fingerprint density at radius 3 is 2.38 bits per heavy atom. The topological polar surface area (TPSA) is 63.6 Å². The molecule has 0 rings (SSSR count). The fraction of sp³-hybridized carbons (Fsp3) is 0.750. The van der Waals surface area contributed by atoms with E-state index in [4.69, 9.17) is 5.11 Å². The Morgan fingerprint density at radius 2 is 2.00 bits per heavy atom. The van der Waals surface area contributed by atoms with Crippen LogP contribution in [0.25, 0.3) is 0 Å². The van der Waals surface area contributed by atoms with Crippen molar-refractivity contribution in [2.75, 3.05) is 12.9 Å². The zero-order valence-electron chi connectivity index (χ0n) is 7.94. The molecule has 0 aliphatic carbocycles. The Labute approximate surface area is 81.6 Å². The van der Waals surface area contributed by atoms with Gasteiger partial charge in [0, 0.05) is 5.75 Å². The average Bonchev–Trinajstić information content (AvgIpc) is 2.11. The molecule has 0 aliphatic heterocycles. The number of carboxylic acid groups (broad SMARTS) is 1. The molecule has 0 aliphatic rings. The average molecular weight is 206 g/mol. The molecule has 0 fully saturated rings. The molecule has 0 amide bonds. The highest BCUT2D eigenvalue weighted by atomic mass is 32.2. The molecule has 5 heteroatoms. The van der Waals surface area contributed by atoms with Crippen molar-refractivity contribution in [3.63, 3.8) is 0 Å². The van der Waals surface area contributed by atoms with Gasteiger partial charge in [0.2, 0.25) is 0 Å². The first kappa shape index (κ1) is 12.3. The minimum atomic E-state index is -0.843. The summed E-state index contributed by atoms with van der Waals surface area (Å²) < 4.78 is 4.50. The summed E-state index contributed by atoms with van der Waals surface area (Å²) in [5.74, 6) is -1.17. The number of methoxy groups -OCH3 is 1. The lowest BCUT2D eigenvalue weighted by Gasteiger charge is -2.10. The standard InChI is InChI=1S/C8H14O4S/c1-5(7(9)10)4-13-6(2)8(11)12-3/h5-6H,4H2,1-3H3,(H,9,10). The van der Waals surface area contributed by atoms with Gasteiger partial charge >= 0.3 is 11.9 Å². The van der Waals surface area contributed by atoms with Crippen LogP contribution < -0.4 is 0 Å². The third-order valence-electron chi connectivity index (χ3n) is 1.55. The minimum Gasteiger partial charge on any atom is -0.481 e. The summed E-state index contributed by atoms with van der Waals surface area (Å²) in [4.78, 5) is 21.3. The van der Waals surface area contributed by atoms with Crippen molar-refractivity contribution in [1.29, 1.82) is 0 Å². The van der Waals surface area contributed by atoms with Crippen molar-refractivity contribution < 1.29 is 19.4 Å². The van der Waals surface area contributed by atoms with Gasteiger partial charge in [0.05, 0.1) is 18.3 Å². The molecule has 1 N–H and O–H groups in total. The maximum absolute atomic E-state index is 10.9. The molecule has 0 bridgehead atoms. The molecular formula is C8H14O4S. The summed E-state index contributed by atoms with van der Waals surface area (Å²) >= 11 is 1.29. The molecule has 2 atom stereocenters. The largest absolute Gasteiger partial charge is 0.481 e. The van der Waals surface area contributed by atoms with Gasteiger partial charge in [0.25, 0.3) is 0 Å². The maximum atomic E-state index is 10.9. The molecule has 0 saturated carbocycles. The van der Waals surface area contributed by atoms with Crippen molar-refractivity contribution in [2.45, 2.75) is 19.1 Å². The van der Waals surface area contributed by atoms with Crippen LogP contribution in [0.1, 0.15) is 13.8 Å². The highest BCUT2D eigenvalue weighted by Gasteiger charge is 2.17. The second kappa shape index (κ2) is 5.85. The normalized spacial score (nSPS) is 14.7. The van der Waals surface area contributed by atoms with E-state index in [1.165, 1.54) is 18.9 Å². The summed E-state index contributed by atoms with van der Waals surface area (Å²) in [6, 6.07) is 0. The van der Waals surface area contributed by atoms with E-state index >= 15 is 0 Å². The molecule has 0 spiro atoms. The molecule has 0 heterocycles. The van der Waals surface area contributed by atoms with Crippen LogP contribution in [0.5, 0.6) is 0 Å². The number of hydrogen-bond acceptors (Lipinski definition) is 4. The lowest BCUT2D eigenvalue weighted by Crippen LogP contribution is -2.19. The van der Waals surface area contributed by atoms with Crippen LogP contribution in [-0.4, -0.2) is 35.2 Å². The minimum absolute atomic E-state index is 0.299. The van der Waals surface area contributed by atoms with E-state index in [1.807, 2.05) is 0 Å². The Balaban J connectivity index is 3.76. The van der Waals surface area contributed by atoms with E-state index in [-0.39, 0.29) is 11.2 Å². The van der Waals surface area contributed by atoms with E-state index < -0.39 is 11.9 Å². The zero-order valence-corrected chi connectivity index (χ0v) is 8.76. The SMILES string of the molecule is COC(=O)C(C)SCC(C)C(=O)O. The smallest absolute Gasteiger partial charge is 0.318 e. The maximum Gasteiger partial charge on any atom is 0.318 e. The van der Waals surface area contributed by atoms with Crippen LogP contribution in [-0.2, 0) is 14.3 Å². The summed E-state index contributed by atoms with van der Waals surface area (Å²) in [5.41, 5.74) is 0. The number of rotatable bonds is 5. The second-order valence-electron chi connectivity index (χ2n) is 2.74. The number of aliphatic carboxylic acids is 1. The van der Waals surface area contributed by atoms with Crippen LogP contribution in [0.3, 0.4) is 0 Å². The Hall–Kier alpha value is -0.710. The van der Waals surface area contributed by atoms with Gasteiger partial charge in [-0.2, -0.15) is 0 Å². The predicted octanol–water partition coefficient (Wildman–Crippen LogP) is 1.00. The molecule has 76 valence electrons. The Morgan fingerprint density at radius 1 is 1.46 bits per heavy atom. The third-order valence-corrected chi connectivity index (χ3v) is 2.94. The van der Waals surface area contributed by atoms with Crippen LogP contribution in [0.15, 0.2) is 0 Å². The number of carbonyl (C=O) groups excluding carboxylic acids is 1. The monoisotopic (exact) mass is 206 g/mol. The van der Waals surface area contributed by atoms with Crippen LogP contribution in [0.2, 0.25) is 0 Å². The number of esters is 1. The van der Waals surface area contributed by atoms with E-state index in [2.05, 4.69) is 4.74 Å². The van der Waals surface area contributed by atoms with E-state index in [9.17, 15) is 9.59 Å². The quantitative estimate of drug-likeness (QED) is 0.680. The van der Waals surface area contributed by atoms with Crippen LogP contribution in [0, 0.1) is 5.92 Å². The molecule has 0 aromatic heterocycles. The molecular weight excluding hydrogens is 192 g/mol. The molecule has 2 unspecified atom stereocenters. The summed E-state index contributed by atoms with van der Waals surface area (Å²) in [6.07, 6.45) is 0. The van der Waals surface area contributed by atoms with Gasteiger partial charge in [-0.05, 0) is 6.92 Å². The fourth-order valence-corrected chi connectivity index (χ4v) is 1.55. The number of hydrogen-bond donors (Lipinski definition) is 1. The Kier molecular flexibility index (Phi) is 5.53. The predicted molar refractivity (Wildman–Crippen MR) is 50.7 cm³/mol. The molecule has 0 aromatic carbocycles. The molecule has 0 aromatic rings. The first-order valence-electron chi connectivity index (χ1n) is 3.91. The molecule has 0 saturated heterocycles. The number of ether oxygens (including phenoxy) is 1. The van der Waals surface area contributed by atoms with Gasteiger partial charge in [-0.1, -0.05) is 6.92 Å². The van der Waals surface area contributed by atoms with Gasteiger partial charge in [0.1, 0.15) is 0 Å². The van der Waals surface area contributed by atoms with Crippen molar-refractivity contribution in [1.82, 2.24) is 0 Å². The van der Waals surface area contributed by atoms with Crippen LogP contribution >= 0.6 is 11.8 Å². The molecule has 13 heavy (non-hydrogen) atoms. The van der Waals surface area contributed by atoms with E-state index in [0.717, 1.165) is 0 Å². The van der Waals surface area contributed by atoms with Crippen molar-refractivity contribution in [3.05, 3.63) is 0 Å². The highest BCUT2D eigenvalue weighted by Crippen LogP contribution is 2.15. The van der Waals surface area contributed by atoms with Gasteiger partial charge in [0.15, 0.2) is 0 Å². The summed E-state index contributed by atoms with van der Waals surface area (Å²) in [5, 5.41) is 8.26. The van der Waals surface area contributed by atoms with E-state index in [0.29, 0.717) is 5.75 Å². The second-order valence-corrected chi connectivity index (χ2v) is 4.11. The lowest BCUT2D eigenvalue weighted by atomic mass is 10.2. The van der Waals surface area contributed by atoms with Crippen molar-refractivity contribution >= 4 is 23.7 Å². The number of carbonyl (C=O) groups is 2. The Bertz CT molecular complexity index is 193. The number of carboxylic acids is 1. The zero-order chi connectivity index (χ0) is 10.4. The first-order chi connectivity index (χ1) is 5.99. The summed E-state index contributed by atoms with van der Waals surface area (Å²) in [6.45, 7) is 3.31. The van der Waals surface area contributed by atoms with Gasteiger partial charge < -0.3 is 9.84 Å². The van der Waals surface area contributed by atoms with E-state index in [1.54, 1.807) is 13.8 Å². The summed E-state index contributed by atoms with van der Waals surface area (Å²) in [7, 11) is 1.32. The first-order valence-corrected chi connectivity index (χ1v) is 4.96. The van der Waals surface area contributed by atoms with Crippen LogP contribution in [0.4, 0.5) is 0 Å². The van der Waals surface area contributed by atoms with Crippen molar-refractivity contribution in [3.8, 4) is 0 Å².